The van der Waals surface area contributed by atoms with E-state index in [0.29, 0.717) is 11.8 Å². The van der Waals surface area contributed by atoms with Gasteiger partial charge in [0.2, 0.25) is 0 Å². The molecule has 0 atom stereocenters. The van der Waals surface area contributed by atoms with E-state index in [1.54, 1.807) is 0 Å². The summed E-state index contributed by atoms with van der Waals surface area (Å²) in [7, 11) is 0. The average molecular weight is 366 g/mol. The number of hydrogen-bond acceptors (Lipinski definition) is 0. The molecule has 0 N–H and O–H groups in total. The minimum absolute atomic E-state index is 0.478. The molecule has 4 rings (SSSR count). The highest BCUT2D eigenvalue weighted by atomic mass is 14.3. The highest BCUT2D eigenvalue weighted by Crippen LogP contribution is 2.44. The fourth-order valence-electron chi connectivity index (χ4n) is 4.30. The molecule has 3 aromatic carbocycles. The molecule has 141 valence electrons. The Kier molecular flexibility index (Phi) is 5.22. The van der Waals surface area contributed by atoms with E-state index in [4.69, 9.17) is 0 Å². The lowest BCUT2D eigenvalue weighted by molar-refractivity contribution is 0.649. The summed E-state index contributed by atoms with van der Waals surface area (Å²) in [6.45, 7) is 9.19. The van der Waals surface area contributed by atoms with Crippen molar-refractivity contribution in [2.45, 2.75) is 40.0 Å². The lowest BCUT2D eigenvalue weighted by atomic mass is 9.84. The van der Waals surface area contributed by atoms with Crippen LogP contribution in [0.1, 0.15) is 56.7 Å². The van der Waals surface area contributed by atoms with Crippen LogP contribution < -0.4 is 0 Å². The second-order valence-corrected chi connectivity index (χ2v) is 8.56. The molecule has 0 aliphatic heterocycles. The van der Waals surface area contributed by atoms with Crippen LogP contribution in [0.15, 0.2) is 72.3 Å². The Morgan fingerprint density at radius 1 is 0.714 bits per heavy atom. The first-order chi connectivity index (χ1) is 13.5. The van der Waals surface area contributed by atoms with Crippen molar-refractivity contribution < 1.29 is 0 Å². The molecule has 1 aliphatic rings. The molecular formula is C28H29. The Bertz CT molecular complexity index is 1000. The molecule has 0 spiro atoms. The topological polar surface area (TPSA) is 0 Å². The van der Waals surface area contributed by atoms with Gasteiger partial charge >= 0.3 is 0 Å². The monoisotopic (exact) mass is 365 g/mol. The molecule has 1 radical (unpaired) electrons. The molecule has 0 fully saturated rings. The lowest BCUT2D eigenvalue weighted by Gasteiger charge is -2.20. The second kappa shape index (κ2) is 7.80. The van der Waals surface area contributed by atoms with Crippen molar-refractivity contribution in [2.24, 2.45) is 5.92 Å². The third-order valence-corrected chi connectivity index (χ3v) is 5.53. The second-order valence-electron chi connectivity index (χ2n) is 8.56. The summed E-state index contributed by atoms with van der Waals surface area (Å²) in [5.41, 5.74) is 11.0. The van der Waals surface area contributed by atoms with Crippen molar-refractivity contribution in [3.63, 3.8) is 0 Å². The van der Waals surface area contributed by atoms with Crippen molar-refractivity contribution >= 4 is 6.08 Å². The van der Waals surface area contributed by atoms with Crippen molar-refractivity contribution in [1.82, 2.24) is 0 Å². The average Bonchev–Trinajstić information content (AvgIpc) is 3.09. The van der Waals surface area contributed by atoms with Gasteiger partial charge in [-0.3, -0.25) is 0 Å². The summed E-state index contributed by atoms with van der Waals surface area (Å²) in [6, 6.07) is 24.3. The third kappa shape index (κ3) is 3.56. The quantitative estimate of drug-likeness (QED) is 0.428. The summed E-state index contributed by atoms with van der Waals surface area (Å²) in [5, 5.41) is 0. The van der Waals surface area contributed by atoms with Gasteiger partial charge in [0.15, 0.2) is 0 Å². The third-order valence-electron chi connectivity index (χ3n) is 5.53. The number of benzene rings is 3. The maximum atomic E-state index is 2.43. The van der Waals surface area contributed by atoms with Crippen molar-refractivity contribution in [3.8, 4) is 22.3 Å². The first-order valence-electron chi connectivity index (χ1n) is 10.4. The molecule has 0 aromatic heterocycles. The van der Waals surface area contributed by atoms with Crippen LogP contribution in [0.5, 0.6) is 0 Å². The van der Waals surface area contributed by atoms with Gasteiger partial charge in [0, 0.05) is 6.42 Å². The fraction of sp³-hybridized carbons (Fsp3) is 0.250. The van der Waals surface area contributed by atoms with Crippen LogP contribution >= 0.6 is 0 Å². The number of allylic oxidation sites excluding steroid dienone is 1. The van der Waals surface area contributed by atoms with Gasteiger partial charge in [0.05, 0.1) is 0 Å². The smallest absolute Gasteiger partial charge is 0.0164 e. The standard InChI is InChI=1S/C28H29/c1-19(2)16-21-17-23-14-15-24(20(3)4)28(27(23)18-21)26-13-9-8-12-25(26)22-10-6-5-7-11-22/h5-15,17-20H,16H2,1-4H3. The Hall–Kier alpha value is -2.60. The fourth-order valence-corrected chi connectivity index (χ4v) is 4.30. The van der Waals surface area contributed by atoms with Gasteiger partial charge in [-0.1, -0.05) is 106 Å². The van der Waals surface area contributed by atoms with Crippen LogP contribution in [-0.4, -0.2) is 0 Å². The van der Waals surface area contributed by atoms with Crippen LogP contribution in [0.4, 0.5) is 0 Å². The first-order valence-corrected chi connectivity index (χ1v) is 10.4. The van der Waals surface area contributed by atoms with Gasteiger partial charge in [-0.2, -0.15) is 0 Å². The molecule has 0 bridgehead atoms. The van der Waals surface area contributed by atoms with Gasteiger partial charge < -0.3 is 0 Å². The highest BCUT2D eigenvalue weighted by Gasteiger charge is 2.23. The Morgan fingerprint density at radius 2 is 1.39 bits per heavy atom. The molecule has 28 heavy (non-hydrogen) atoms. The van der Waals surface area contributed by atoms with Crippen LogP contribution in [-0.2, 0) is 0 Å². The summed E-state index contributed by atoms with van der Waals surface area (Å²) >= 11 is 0. The summed E-state index contributed by atoms with van der Waals surface area (Å²) in [5.74, 6) is 1.15. The van der Waals surface area contributed by atoms with Crippen LogP contribution in [0.3, 0.4) is 0 Å². The van der Waals surface area contributed by atoms with E-state index in [0.717, 1.165) is 6.42 Å². The minimum atomic E-state index is 0.478. The normalized spacial score (nSPS) is 13.1. The van der Waals surface area contributed by atoms with E-state index in [1.807, 2.05) is 0 Å². The van der Waals surface area contributed by atoms with Gasteiger partial charge in [-0.15, -0.1) is 0 Å². The highest BCUT2D eigenvalue weighted by molar-refractivity contribution is 5.92. The maximum Gasteiger partial charge on any atom is 0.0164 e. The van der Waals surface area contributed by atoms with Crippen molar-refractivity contribution in [2.75, 3.05) is 0 Å². The Balaban J connectivity index is 1.95. The van der Waals surface area contributed by atoms with Gasteiger partial charge in [0.1, 0.15) is 0 Å². The molecule has 0 saturated heterocycles. The predicted octanol–water partition coefficient (Wildman–Crippen LogP) is 8.14. The Morgan fingerprint density at radius 3 is 2.07 bits per heavy atom. The molecule has 0 amide bonds. The van der Waals surface area contributed by atoms with E-state index < -0.39 is 0 Å². The lowest BCUT2D eigenvalue weighted by Crippen LogP contribution is -1.98. The number of hydrogen-bond donors (Lipinski definition) is 0. The summed E-state index contributed by atoms with van der Waals surface area (Å²) in [6.07, 6.45) is 5.94. The molecule has 3 aromatic rings. The van der Waals surface area contributed by atoms with Gasteiger partial charge in [-0.25, -0.2) is 0 Å². The molecular weight excluding hydrogens is 336 g/mol. The summed E-state index contributed by atoms with van der Waals surface area (Å²) < 4.78 is 0. The zero-order valence-corrected chi connectivity index (χ0v) is 17.4. The molecule has 1 aliphatic carbocycles. The van der Waals surface area contributed by atoms with Crippen molar-refractivity contribution in [1.29, 1.82) is 0 Å². The molecule has 0 nitrogen and oxygen atoms in total. The SMILES string of the molecule is CC(C)CC1=Cc2c(ccc(C(C)C)c2-c2ccccc2-c2ccccc2)[CH]1. The van der Waals surface area contributed by atoms with Gasteiger partial charge in [-0.05, 0) is 57.2 Å². The molecule has 0 saturated carbocycles. The zero-order chi connectivity index (χ0) is 19.7. The largest absolute Gasteiger partial charge is 0.0625 e. The van der Waals surface area contributed by atoms with E-state index in [1.165, 1.54) is 44.5 Å². The van der Waals surface area contributed by atoms with E-state index in [-0.39, 0.29) is 0 Å². The molecule has 0 heterocycles. The number of fused-ring (bicyclic) bond motifs is 1. The van der Waals surface area contributed by atoms with E-state index >= 15 is 0 Å². The predicted molar refractivity (Wildman–Crippen MR) is 122 cm³/mol. The summed E-state index contributed by atoms with van der Waals surface area (Å²) in [4.78, 5) is 0. The van der Waals surface area contributed by atoms with Crippen LogP contribution in [0.2, 0.25) is 0 Å². The van der Waals surface area contributed by atoms with Crippen molar-refractivity contribution in [3.05, 3.63) is 95.4 Å². The maximum absolute atomic E-state index is 2.43. The minimum Gasteiger partial charge on any atom is -0.0625 e. The number of rotatable bonds is 5. The first kappa shape index (κ1) is 18.7. The van der Waals surface area contributed by atoms with E-state index in [2.05, 4.69) is 107 Å². The zero-order valence-electron chi connectivity index (χ0n) is 17.4. The molecule has 0 unspecified atom stereocenters. The van der Waals surface area contributed by atoms with E-state index in [9.17, 15) is 0 Å². The van der Waals surface area contributed by atoms with Gasteiger partial charge in [0.25, 0.3) is 0 Å². The van der Waals surface area contributed by atoms with Crippen LogP contribution in [0.25, 0.3) is 28.3 Å². The molecule has 0 heteroatoms. The Labute approximate surface area is 169 Å². The van der Waals surface area contributed by atoms with Crippen LogP contribution in [0, 0.1) is 12.3 Å².